The first-order valence-corrected chi connectivity index (χ1v) is 6.52. The minimum Gasteiger partial charge on any atom is -0.375 e. The maximum absolute atomic E-state index is 11.3. The van der Waals surface area contributed by atoms with Crippen molar-refractivity contribution in [2.45, 2.75) is 17.8 Å². The Bertz CT molecular complexity index is 197. The van der Waals surface area contributed by atoms with Crippen molar-refractivity contribution in [2.75, 3.05) is 12.5 Å². The van der Waals surface area contributed by atoms with Gasteiger partial charge in [-0.3, -0.25) is 9.59 Å². The first-order chi connectivity index (χ1) is 6.45. The van der Waals surface area contributed by atoms with Gasteiger partial charge in [-0.25, -0.2) is 0 Å². The van der Waals surface area contributed by atoms with Crippen molar-refractivity contribution in [3.8, 4) is 0 Å². The molecular weight excluding hydrogens is 224 g/mol. The van der Waals surface area contributed by atoms with E-state index in [1.165, 1.54) is 6.92 Å². The molecule has 0 aliphatic rings. The highest BCUT2D eigenvalue weighted by molar-refractivity contribution is 8.00. The minimum atomic E-state index is -1.19. The SMILES string of the molecule is CSC(O)C(=O)C(C)C(=O)C(O)SC. The number of hydrogen-bond acceptors (Lipinski definition) is 6. The summed E-state index contributed by atoms with van der Waals surface area (Å²) in [5.41, 5.74) is -2.38. The summed E-state index contributed by atoms with van der Waals surface area (Å²) in [6, 6.07) is 0. The first kappa shape index (κ1) is 14.0. The molecule has 0 amide bonds. The molecule has 0 saturated carbocycles. The molecule has 0 heterocycles. The van der Waals surface area contributed by atoms with Crippen LogP contribution in [0.25, 0.3) is 0 Å². The molecule has 82 valence electrons. The van der Waals surface area contributed by atoms with Gasteiger partial charge in [0.15, 0.2) is 22.4 Å². The van der Waals surface area contributed by atoms with E-state index >= 15 is 0 Å². The van der Waals surface area contributed by atoms with Gasteiger partial charge in [-0.15, -0.1) is 23.5 Å². The Morgan fingerprint density at radius 2 is 1.29 bits per heavy atom. The molecule has 6 heteroatoms. The van der Waals surface area contributed by atoms with Crippen LogP contribution in [-0.4, -0.2) is 45.2 Å². The van der Waals surface area contributed by atoms with E-state index < -0.39 is 28.4 Å². The topological polar surface area (TPSA) is 74.6 Å². The summed E-state index contributed by atoms with van der Waals surface area (Å²) in [5, 5.41) is 18.3. The van der Waals surface area contributed by atoms with E-state index in [1.54, 1.807) is 12.5 Å². The predicted octanol–water partition coefficient (Wildman–Crippen LogP) is 0.123. The van der Waals surface area contributed by atoms with Crippen molar-refractivity contribution in [3.05, 3.63) is 0 Å². The van der Waals surface area contributed by atoms with Crippen LogP contribution < -0.4 is 0 Å². The predicted molar refractivity (Wildman–Crippen MR) is 58.2 cm³/mol. The molecule has 0 spiro atoms. The fraction of sp³-hybridized carbons (Fsp3) is 0.750. The standard InChI is InChI=1S/C8H14O4S2/c1-4(5(9)7(11)13-2)6(10)8(12)14-3/h4,7-8,11-12H,1-3H3. The van der Waals surface area contributed by atoms with Crippen LogP contribution in [0.5, 0.6) is 0 Å². The van der Waals surface area contributed by atoms with E-state index in [0.29, 0.717) is 0 Å². The smallest absolute Gasteiger partial charge is 0.181 e. The van der Waals surface area contributed by atoms with Gasteiger partial charge in [0.2, 0.25) is 0 Å². The Hall–Kier alpha value is -0.0400. The van der Waals surface area contributed by atoms with Crippen molar-refractivity contribution in [3.63, 3.8) is 0 Å². The van der Waals surface area contributed by atoms with E-state index in [-0.39, 0.29) is 0 Å². The molecule has 0 radical (unpaired) electrons. The van der Waals surface area contributed by atoms with Gasteiger partial charge in [0.25, 0.3) is 0 Å². The fourth-order valence-electron chi connectivity index (χ4n) is 0.800. The molecule has 0 saturated heterocycles. The summed E-state index contributed by atoms with van der Waals surface area (Å²) >= 11 is 1.93. The van der Waals surface area contributed by atoms with E-state index in [2.05, 4.69) is 0 Å². The van der Waals surface area contributed by atoms with Gasteiger partial charge in [0.05, 0.1) is 5.92 Å². The van der Waals surface area contributed by atoms with Crippen LogP contribution in [0.3, 0.4) is 0 Å². The van der Waals surface area contributed by atoms with Crippen molar-refractivity contribution in [2.24, 2.45) is 5.92 Å². The van der Waals surface area contributed by atoms with Crippen molar-refractivity contribution < 1.29 is 19.8 Å². The lowest BCUT2D eigenvalue weighted by atomic mass is 10.0. The van der Waals surface area contributed by atoms with Crippen LogP contribution in [-0.2, 0) is 9.59 Å². The summed E-state index contributed by atoms with van der Waals surface area (Å²) < 4.78 is 0. The van der Waals surface area contributed by atoms with Crippen LogP contribution in [0.4, 0.5) is 0 Å². The Labute approximate surface area is 91.5 Å². The molecule has 0 fully saturated rings. The van der Waals surface area contributed by atoms with Gasteiger partial charge in [0, 0.05) is 0 Å². The molecule has 2 N–H and O–H groups in total. The maximum atomic E-state index is 11.3. The summed E-state index contributed by atoms with van der Waals surface area (Å²) in [6.07, 6.45) is 3.15. The van der Waals surface area contributed by atoms with Gasteiger partial charge in [0.1, 0.15) is 0 Å². The van der Waals surface area contributed by atoms with Crippen LogP contribution in [0.15, 0.2) is 0 Å². The molecule has 14 heavy (non-hydrogen) atoms. The lowest BCUT2D eigenvalue weighted by molar-refractivity contribution is -0.137. The van der Waals surface area contributed by atoms with Gasteiger partial charge < -0.3 is 10.2 Å². The Kier molecular flexibility index (Phi) is 6.43. The first-order valence-electron chi connectivity index (χ1n) is 3.94. The Morgan fingerprint density at radius 3 is 1.50 bits per heavy atom. The third kappa shape index (κ3) is 3.61. The maximum Gasteiger partial charge on any atom is 0.181 e. The van der Waals surface area contributed by atoms with E-state index in [1.807, 2.05) is 0 Å². The number of Topliss-reactive ketones (excluding diaryl/α,β-unsaturated/α-hetero) is 2. The van der Waals surface area contributed by atoms with E-state index in [9.17, 15) is 19.8 Å². The van der Waals surface area contributed by atoms with Crippen molar-refractivity contribution in [1.29, 1.82) is 0 Å². The zero-order chi connectivity index (χ0) is 11.3. The molecule has 0 rings (SSSR count). The molecule has 0 aliphatic heterocycles. The van der Waals surface area contributed by atoms with Crippen LogP contribution >= 0.6 is 23.5 Å². The highest BCUT2D eigenvalue weighted by Crippen LogP contribution is 2.15. The minimum absolute atomic E-state index is 0.560. The summed E-state index contributed by atoms with van der Waals surface area (Å²) in [5.74, 6) is -2.08. The number of hydrogen-bond donors (Lipinski definition) is 2. The van der Waals surface area contributed by atoms with E-state index in [4.69, 9.17) is 0 Å². The van der Waals surface area contributed by atoms with Crippen molar-refractivity contribution >= 4 is 35.1 Å². The zero-order valence-corrected chi connectivity index (χ0v) is 9.89. The Balaban J connectivity index is 4.39. The molecule has 2 unspecified atom stereocenters. The second-order valence-corrected chi connectivity index (χ2v) is 4.54. The van der Waals surface area contributed by atoms with Gasteiger partial charge in [-0.05, 0) is 19.4 Å². The lowest BCUT2D eigenvalue weighted by Crippen LogP contribution is -2.34. The summed E-state index contributed by atoms with van der Waals surface area (Å²) in [7, 11) is 0. The third-order valence-electron chi connectivity index (χ3n) is 1.79. The monoisotopic (exact) mass is 238 g/mol. The molecule has 2 atom stereocenters. The number of thioether (sulfide) groups is 2. The molecular formula is C8H14O4S2. The van der Waals surface area contributed by atoms with E-state index in [0.717, 1.165) is 23.5 Å². The average Bonchev–Trinajstić information content (AvgIpc) is 2.23. The van der Waals surface area contributed by atoms with Gasteiger partial charge >= 0.3 is 0 Å². The third-order valence-corrected chi connectivity index (χ3v) is 3.14. The normalized spacial score (nSPS) is 17.2. The highest BCUT2D eigenvalue weighted by atomic mass is 32.2. The van der Waals surface area contributed by atoms with Crippen LogP contribution in [0, 0.1) is 5.92 Å². The molecule has 0 aromatic rings. The molecule has 0 bridgehead atoms. The van der Waals surface area contributed by atoms with Crippen molar-refractivity contribution in [1.82, 2.24) is 0 Å². The number of aliphatic hydroxyl groups excluding tert-OH is 2. The summed E-state index contributed by atoms with van der Waals surface area (Å²) in [4.78, 5) is 22.6. The number of aliphatic hydroxyl groups is 2. The second kappa shape index (κ2) is 6.44. The highest BCUT2D eigenvalue weighted by Gasteiger charge is 2.30. The molecule has 4 nitrogen and oxygen atoms in total. The average molecular weight is 238 g/mol. The largest absolute Gasteiger partial charge is 0.375 e. The number of carbonyl (C=O) groups excluding carboxylic acids is 2. The van der Waals surface area contributed by atoms with Gasteiger partial charge in [-0.2, -0.15) is 0 Å². The molecule has 0 aromatic heterocycles. The quantitative estimate of drug-likeness (QED) is 0.506. The zero-order valence-electron chi connectivity index (χ0n) is 8.26. The number of rotatable bonds is 6. The molecule has 0 aliphatic carbocycles. The van der Waals surface area contributed by atoms with Crippen LogP contribution in [0.2, 0.25) is 0 Å². The number of carbonyl (C=O) groups is 2. The molecule has 0 aromatic carbocycles. The Morgan fingerprint density at radius 1 is 1.00 bits per heavy atom. The van der Waals surface area contributed by atoms with Crippen LogP contribution in [0.1, 0.15) is 6.92 Å². The summed E-state index contributed by atoms with van der Waals surface area (Å²) in [6.45, 7) is 1.39. The fourth-order valence-corrected chi connectivity index (χ4v) is 1.67. The lowest BCUT2D eigenvalue weighted by Gasteiger charge is -2.14. The second-order valence-electron chi connectivity index (χ2n) is 2.70. The van der Waals surface area contributed by atoms with Gasteiger partial charge in [-0.1, -0.05) is 0 Å². The number of ketones is 2.